The van der Waals surface area contributed by atoms with Crippen LogP contribution >= 0.6 is 0 Å². The van der Waals surface area contributed by atoms with Crippen LogP contribution in [0.2, 0.25) is 0 Å². The largest absolute Gasteiger partial charge is 0.416 e. The number of benzene rings is 2. The van der Waals surface area contributed by atoms with Gasteiger partial charge in [-0.1, -0.05) is 28.9 Å². The standard InChI is InChI=1S/C17H12F3N3O2/c1-10-4-2-6-12(8-10)15-22-23-16(25-15)21-14(24)11-5-3-7-13(9-11)17(18,19)20/h2-9H,1H3,(H,21,23,24). The van der Waals surface area contributed by atoms with Gasteiger partial charge in [0.15, 0.2) is 0 Å². The normalized spacial score (nSPS) is 11.4. The molecule has 0 saturated carbocycles. The second-order valence-corrected chi connectivity index (χ2v) is 5.31. The van der Waals surface area contributed by atoms with Gasteiger partial charge in [-0.15, -0.1) is 5.10 Å². The Labute approximate surface area is 140 Å². The molecule has 0 atom stereocenters. The maximum atomic E-state index is 12.7. The topological polar surface area (TPSA) is 68.0 Å². The molecule has 128 valence electrons. The average molecular weight is 347 g/mol. The third kappa shape index (κ3) is 3.85. The SMILES string of the molecule is Cc1cccc(-c2nnc(NC(=O)c3cccc(C(F)(F)F)c3)o2)c1. The van der Waals surface area contributed by atoms with Crippen LogP contribution in [0.4, 0.5) is 19.2 Å². The van der Waals surface area contributed by atoms with E-state index in [0.29, 0.717) is 5.56 Å². The van der Waals surface area contributed by atoms with Gasteiger partial charge < -0.3 is 4.42 Å². The number of carbonyl (C=O) groups excluding carboxylic acids is 1. The molecule has 0 saturated heterocycles. The number of amides is 1. The van der Waals surface area contributed by atoms with Gasteiger partial charge in [-0.05, 0) is 37.3 Å². The van der Waals surface area contributed by atoms with E-state index >= 15 is 0 Å². The Hall–Kier alpha value is -3.16. The zero-order valence-corrected chi connectivity index (χ0v) is 13.0. The minimum Gasteiger partial charge on any atom is -0.403 e. The van der Waals surface area contributed by atoms with Gasteiger partial charge in [0.1, 0.15) is 0 Å². The minimum absolute atomic E-state index is 0.162. The van der Waals surface area contributed by atoms with E-state index in [1.807, 2.05) is 25.1 Å². The van der Waals surface area contributed by atoms with Gasteiger partial charge in [0.25, 0.3) is 5.91 Å². The lowest BCUT2D eigenvalue weighted by Gasteiger charge is -2.07. The first kappa shape index (κ1) is 16.7. The summed E-state index contributed by atoms with van der Waals surface area (Å²) in [6.45, 7) is 1.90. The molecular weight excluding hydrogens is 335 g/mol. The molecule has 0 aliphatic carbocycles. The molecule has 5 nitrogen and oxygen atoms in total. The summed E-state index contributed by atoms with van der Waals surface area (Å²) in [6.07, 6.45) is -4.53. The first-order chi connectivity index (χ1) is 11.8. The van der Waals surface area contributed by atoms with Crippen LogP contribution in [0.1, 0.15) is 21.5 Å². The van der Waals surface area contributed by atoms with Crippen molar-refractivity contribution < 1.29 is 22.4 Å². The van der Waals surface area contributed by atoms with E-state index in [1.54, 1.807) is 6.07 Å². The number of carbonyl (C=O) groups is 1. The Bertz CT molecular complexity index is 919. The molecule has 0 fully saturated rings. The first-order valence-corrected chi connectivity index (χ1v) is 7.22. The average Bonchev–Trinajstić information content (AvgIpc) is 3.03. The van der Waals surface area contributed by atoms with Crippen molar-refractivity contribution in [3.05, 3.63) is 65.2 Å². The molecule has 0 spiro atoms. The molecule has 0 aliphatic rings. The molecule has 0 aliphatic heterocycles. The Balaban J connectivity index is 1.78. The van der Waals surface area contributed by atoms with E-state index in [4.69, 9.17) is 4.42 Å². The molecular formula is C17H12F3N3O2. The lowest BCUT2D eigenvalue weighted by atomic mass is 10.1. The molecule has 1 aromatic heterocycles. The van der Waals surface area contributed by atoms with Crippen LogP contribution in [0, 0.1) is 6.92 Å². The highest BCUT2D eigenvalue weighted by Crippen LogP contribution is 2.29. The Kier molecular flexibility index (Phi) is 4.26. The molecule has 2 aromatic carbocycles. The van der Waals surface area contributed by atoms with Crippen LogP contribution in [-0.4, -0.2) is 16.1 Å². The summed E-state index contributed by atoms with van der Waals surface area (Å²) in [5, 5.41) is 9.80. The molecule has 0 bridgehead atoms. The van der Waals surface area contributed by atoms with E-state index in [1.165, 1.54) is 6.07 Å². The van der Waals surface area contributed by atoms with Crippen molar-refractivity contribution in [2.45, 2.75) is 13.1 Å². The lowest BCUT2D eigenvalue weighted by molar-refractivity contribution is -0.137. The molecule has 1 N–H and O–H groups in total. The van der Waals surface area contributed by atoms with Crippen molar-refractivity contribution in [1.29, 1.82) is 0 Å². The fourth-order valence-corrected chi connectivity index (χ4v) is 2.17. The van der Waals surface area contributed by atoms with Gasteiger partial charge in [-0.3, -0.25) is 10.1 Å². The number of rotatable bonds is 3. The van der Waals surface area contributed by atoms with Crippen LogP contribution in [0.5, 0.6) is 0 Å². The maximum absolute atomic E-state index is 12.7. The molecule has 8 heteroatoms. The smallest absolute Gasteiger partial charge is 0.403 e. The maximum Gasteiger partial charge on any atom is 0.416 e. The molecule has 3 aromatic rings. The van der Waals surface area contributed by atoms with E-state index in [0.717, 1.165) is 23.8 Å². The zero-order valence-electron chi connectivity index (χ0n) is 13.0. The van der Waals surface area contributed by atoms with Gasteiger partial charge in [-0.2, -0.15) is 13.2 Å². The van der Waals surface area contributed by atoms with Crippen molar-refractivity contribution in [1.82, 2.24) is 10.2 Å². The number of hydrogen-bond donors (Lipinski definition) is 1. The van der Waals surface area contributed by atoms with Gasteiger partial charge >= 0.3 is 12.2 Å². The fourth-order valence-electron chi connectivity index (χ4n) is 2.17. The molecule has 1 heterocycles. The summed E-state index contributed by atoms with van der Waals surface area (Å²) in [7, 11) is 0. The third-order valence-electron chi connectivity index (χ3n) is 3.36. The van der Waals surface area contributed by atoms with E-state index < -0.39 is 17.6 Å². The lowest BCUT2D eigenvalue weighted by Crippen LogP contribution is -2.14. The van der Waals surface area contributed by atoms with Crippen molar-refractivity contribution in [2.24, 2.45) is 0 Å². The predicted octanol–water partition coefficient (Wildman–Crippen LogP) is 4.32. The summed E-state index contributed by atoms with van der Waals surface area (Å²) in [4.78, 5) is 12.1. The van der Waals surface area contributed by atoms with Gasteiger partial charge in [0.2, 0.25) is 5.89 Å². The number of aryl methyl sites for hydroxylation is 1. The minimum atomic E-state index is -4.53. The van der Waals surface area contributed by atoms with E-state index in [2.05, 4.69) is 15.5 Å². The quantitative estimate of drug-likeness (QED) is 0.766. The van der Waals surface area contributed by atoms with Crippen LogP contribution in [-0.2, 0) is 6.18 Å². The number of halogens is 3. The number of hydrogen-bond acceptors (Lipinski definition) is 4. The number of nitrogens with zero attached hydrogens (tertiary/aromatic N) is 2. The van der Waals surface area contributed by atoms with Crippen LogP contribution in [0.15, 0.2) is 52.9 Å². The van der Waals surface area contributed by atoms with Crippen LogP contribution < -0.4 is 5.32 Å². The fraction of sp³-hybridized carbons (Fsp3) is 0.118. The molecule has 3 rings (SSSR count). The van der Waals surface area contributed by atoms with Crippen molar-refractivity contribution in [2.75, 3.05) is 5.32 Å². The van der Waals surface area contributed by atoms with Gasteiger partial charge in [-0.25, -0.2) is 0 Å². The van der Waals surface area contributed by atoms with E-state index in [-0.39, 0.29) is 17.5 Å². The van der Waals surface area contributed by atoms with Gasteiger partial charge in [0, 0.05) is 11.1 Å². The molecule has 0 unspecified atom stereocenters. The number of anilines is 1. The predicted molar refractivity (Wildman–Crippen MR) is 83.9 cm³/mol. The molecule has 0 radical (unpaired) electrons. The third-order valence-corrected chi connectivity index (χ3v) is 3.36. The summed E-state index contributed by atoms with van der Waals surface area (Å²) < 4.78 is 43.5. The highest BCUT2D eigenvalue weighted by Gasteiger charge is 2.31. The summed E-state index contributed by atoms with van der Waals surface area (Å²) in [5.41, 5.74) is 0.591. The second kappa shape index (κ2) is 6.39. The Morgan fingerprint density at radius 1 is 1.08 bits per heavy atom. The first-order valence-electron chi connectivity index (χ1n) is 7.22. The molecule has 25 heavy (non-hydrogen) atoms. The number of alkyl halides is 3. The highest BCUT2D eigenvalue weighted by molar-refractivity contribution is 6.03. The zero-order chi connectivity index (χ0) is 18.0. The van der Waals surface area contributed by atoms with Crippen molar-refractivity contribution in [3.63, 3.8) is 0 Å². The summed E-state index contributed by atoms with van der Waals surface area (Å²) in [5.74, 6) is -0.575. The second-order valence-electron chi connectivity index (χ2n) is 5.31. The van der Waals surface area contributed by atoms with Crippen molar-refractivity contribution in [3.8, 4) is 11.5 Å². The monoisotopic (exact) mass is 347 g/mol. The van der Waals surface area contributed by atoms with Gasteiger partial charge in [0.05, 0.1) is 5.56 Å². The number of nitrogens with one attached hydrogen (secondary N) is 1. The summed E-state index contributed by atoms with van der Waals surface area (Å²) >= 11 is 0. The van der Waals surface area contributed by atoms with Crippen LogP contribution in [0.3, 0.4) is 0 Å². The van der Waals surface area contributed by atoms with E-state index in [9.17, 15) is 18.0 Å². The Morgan fingerprint density at radius 3 is 2.56 bits per heavy atom. The Morgan fingerprint density at radius 2 is 1.84 bits per heavy atom. The number of aromatic nitrogens is 2. The van der Waals surface area contributed by atoms with Crippen molar-refractivity contribution >= 4 is 11.9 Å². The van der Waals surface area contributed by atoms with Crippen LogP contribution in [0.25, 0.3) is 11.5 Å². The summed E-state index contributed by atoms with van der Waals surface area (Å²) in [6, 6.07) is 11.2. The molecule has 1 amide bonds. The highest BCUT2D eigenvalue weighted by atomic mass is 19.4.